The van der Waals surface area contributed by atoms with Crippen LogP contribution in [0.2, 0.25) is 0 Å². The average molecular weight is 253 g/mol. The molecule has 0 saturated carbocycles. The molecule has 6 heteroatoms. The molecule has 5 nitrogen and oxygen atoms in total. The average Bonchev–Trinajstić information content (AvgIpc) is 2.61. The number of nitrogens with zero attached hydrogens (tertiary/aromatic N) is 2. The van der Waals surface area contributed by atoms with Gasteiger partial charge in [0.15, 0.2) is 0 Å². The van der Waals surface area contributed by atoms with Gasteiger partial charge in [0.05, 0.1) is 4.90 Å². The van der Waals surface area contributed by atoms with Crippen LogP contribution in [0.25, 0.3) is 0 Å². The first-order valence-corrected chi connectivity index (χ1v) is 6.77. The Bertz CT molecular complexity index is 536. The van der Waals surface area contributed by atoms with Crippen LogP contribution in [-0.4, -0.2) is 37.3 Å². The Morgan fingerprint density at radius 1 is 1.24 bits per heavy atom. The van der Waals surface area contributed by atoms with Crippen molar-refractivity contribution in [3.63, 3.8) is 0 Å². The van der Waals surface area contributed by atoms with Crippen molar-refractivity contribution in [2.24, 2.45) is 0 Å². The number of sulfonamides is 1. The van der Waals surface area contributed by atoms with Crippen LogP contribution >= 0.6 is 0 Å². The lowest BCUT2D eigenvalue weighted by molar-refractivity contribution is 0.221. The molecule has 17 heavy (non-hydrogen) atoms. The number of hydrazine groups is 1. The minimum atomic E-state index is -3.52. The molecule has 1 aromatic carbocycles. The fourth-order valence-electron chi connectivity index (χ4n) is 1.76. The lowest BCUT2D eigenvalue weighted by Crippen LogP contribution is -2.40. The van der Waals surface area contributed by atoms with Crippen LogP contribution in [0.15, 0.2) is 29.2 Å². The normalized spacial score (nSPS) is 17.8. The first kappa shape index (κ1) is 12.1. The molecule has 0 spiro atoms. The predicted octanol–water partition coefficient (Wildman–Crippen LogP) is 1.21. The molecule has 0 unspecified atom stereocenters. The zero-order chi connectivity index (χ0) is 12.6. The number of hydrogen-bond donors (Lipinski definition) is 1. The Kier molecular flexibility index (Phi) is 2.92. The summed E-state index contributed by atoms with van der Waals surface area (Å²) >= 11 is 0. The van der Waals surface area contributed by atoms with Crippen LogP contribution in [0, 0.1) is 12.3 Å². The van der Waals surface area contributed by atoms with Crippen molar-refractivity contribution in [2.75, 3.05) is 13.6 Å². The van der Waals surface area contributed by atoms with Crippen LogP contribution in [0.5, 0.6) is 0 Å². The highest BCUT2D eigenvalue weighted by Gasteiger charge is 2.33. The van der Waals surface area contributed by atoms with E-state index in [1.807, 2.05) is 6.92 Å². The molecule has 0 bridgehead atoms. The Balaban J connectivity index is 2.37. The third-order valence-corrected chi connectivity index (χ3v) is 4.71. The number of nitrogens with one attached hydrogen (secondary N) is 1. The van der Waals surface area contributed by atoms with Crippen LogP contribution < -0.4 is 0 Å². The Morgan fingerprint density at radius 3 is 2.29 bits per heavy atom. The molecule has 1 aliphatic rings. The highest BCUT2D eigenvalue weighted by Crippen LogP contribution is 2.22. The quantitative estimate of drug-likeness (QED) is 0.861. The molecule has 0 atom stereocenters. The summed E-state index contributed by atoms with van der Waals surface area (Å²) in [6.45, 7) is 2.25. The lowest BCUT2D eigenvalue weighted by Gasteiger charge is -2.24. The van der Waals surface area contributed by atoms with Gasteiger partial charge in [0, 0.05) is 20.0 Å². The largest absolute Gasteiger partial charge is 0.287 e. The van der Waals surface area contributed by atoms with Gasteiger partial charge in [-0.15, -0.1) is 4.41 Å². The molecule has 0 aromatic heterocycles. The summed E-state index contributed by atoms with van der Waals surface area (Å²) in [7, 11) is -1.92. The summed E-state index contributed by atoms with van der Waals surface area (Å²) in [6.07, 6.45) is 0.460. The summed E-state index contributed by atoms with van der Waals surface area (Å²) in [4.78, 5) is 0.268. The van der Waals surface area contributed by atoms with Gasteiger partial charge in [0.1, 0.15) is 5.84 Å². The molecular weight excluding hydrogens is 238 g/mol. The standard InChI is InChI=1S/C11H15N3O2S/c1-9-3-5-10(6-4-9)17(15,16)14-8-7-11(12)13(14)2/h3-6,12H,7-8H2,1-2H3. The first-order valence-electron chi connectivity index (χ1n) is 5.33. The second kappa shape index (κ2) is 4.12. The van der Waals surface area contributed by atoms with E-state index in [2.05, 4.69) is 0 Å². The fraction of sp³-hybridized carbons (Fsp3) is 0.364. The summed E-state index contributed by atoms with van der Waals surface area (Å²) in [5.74, 6) is 0.320. The van der Waals surface area contributed by atoms with E-state index in [-0.39, 0.29) is 4.90 Å². The SMILES string of the molecule is Cc1ccc(S(=O)(=O)N2CCC(=N)N2C)cc1. The van der Waals surface area contributed by atoms with Gasteiger partial charge in [-0.05, 0) is 19.1 Å². The molecule has 1 fully saturated rings. The van der Waals surface area contributed by atoms with E-state index in [1.165, 1.54) is 9.42 Å². The maximum atomic E-state index is 12.3. The molecule has 1 aliphatic heterocycles. The van der Waals surface area contributed by atoms with Gasteiger partial charge >= 0.3 is 0 Å². The molecule has 1 heterocycles. The van der Waals surface area contributed by atoms with Gasteiger partial charge in [-0.3, -0.25) is 10.4 Å². The monoisotopic (exact) mass is 253 g/mol. The summed E-state index contributed by atoms with van der Waals surface area (Å²) in [6, 6.07) is 6.74. The van der Waals surface area contributed by atoms with E-state index in [9.17, 15) is 8.42 Å². The van der Waals surface area contributed by atoms with Gasteiger partial charge in [-0.2, -0.15) is 0 Å². The smallest absolute Gasteiger partial charge is 0.260 e. The Morgan fingerprint density at radius 2 is 1.82 bits per heavy atom. The number of rotatable bonds is 2. The fourth-order valence-corrected chi connectivity index (χ4v) is 3.24. The van der Waals surface area contributed by atoms with Crippen molar-refractivity contribution in [3.05, 3.63) is 29.8 Å². The summed E-state index contributed by atoms with van der Waals surface area (Å²) < 4.78 is 25.8. The second-order valence-corrected chi connectivity index (χ2v) is 5.93. The lowest BCUT2D eigenvalue weighted by atomic mass is 10.2. The predicted molar refractivity (Wildman–Crippen MR) is 65.2 cm³/mol. The number of aryl methyl sites for hydroxylation is 1. The molecule has 2 rings (SSSR count). The van der Waals surface area contributed by atoms with Crippen LogP contribution in [-0.2, 0) is 10.0 Å². The third kappa shape index (κ3) is 2.05. The maximum Gasteiger partial charge on any atom is 0.260 e. The molecule has 1 aromatic rings. The Labute approximate surface area is 101 Å². The molecular formula is C11H15N3O2S. The van der Waals surface area contributed by atoms with Crippen LogP contribution in [0.3, 0.4) is 0 Å². The molecule has 1 saturated heterocycles. The first-order chi connectivity index (χ1) is 7.93. The minimum Gasteiger partial charge on any atom is -0.287 e. The van der Waals surface area contributed by atoms with Crippen LogP contribution in [0.1, 0.15) is 12.0 Å². The molecule has 92 valence electrons. The topological polar surface area (TPSA) is 64.5 Å². The second-order valence-electron chi connectivity index (χ2n) is 4.08. The maximum absolute atomic E-state index is 12.3. The summed E-state index contributed by atoms with van der Waals surface area (Å²) in [5, 5.41) is 8.97. The van der Waals surface area contributed by atoms with Crippen molar-refractivity contribution in [2.45, 2.75) is 18.2 Å². The van der Waals surface area contributed by atoms with E-state index >= 15 is 0 Å². The zero-order valence-corrected chi connectivity index (χ0v) is 10.7. The van der Waals surface area contributed by atoms with Crippen molar-refractivity contribution >= 4 is 15.9 Å². The van der Waals surface area contributed by atoms with Crippen molar-refractivity contribution in [3.8, 4) is 0 Å². The Hall–Kier alpha value is -1.40. The van der Waals surface area contributed by atoms with Crippen molar-refractivity contribution in [1.29, 1.82) is 5.41 Å². The van der Waals surface area contributed by atoms with E-state index in [1.54, 1.807) is 31.3 Å². The van der Waals surface area contributed by atoms with Gasteiger partial charge < -0.3 is 0 Å². The molecule has 0 radical (unpaired) electrons. The van der Waals surface area contributed by atoms with E-state index in [4.69, 9.17) is 5.41 Å². The third-order valence-electron chi connectivity index (χ3n) is 2.86. The molecule has 0 aliphatic carbocycles. The number of amidine groups is 1. The molecule has 0 amide bonds. The van der Waals surface area contributed by atoms with Crippen LogP contribution in [0.4, 0.5) is 0 Å². The summed E-state index contributed by atoms with van der Waals surface area (Å²) in [5.41, 5.74) is 1.02. The van der Waals surface area contributed by atoms with Crippen molar-refractivity contribution < 1.29 is 8.42 Å². The van der Waals surface area contributed by atoms with E-state index in [0.29, 0.717) is 18.8 Å². The zero-order valence-electron chi connectivity index (χ0n) is 9.84. The highest BCUT2D eigenvalue weighted by atomic mass is 32.2. The van der Waals surface area contributed by atoms with Crippen molar-refractivity contribution in [1.82, 2.24) is 9.42 Å². The van der Waals surface area contributed by atoms with Gasteiger partial charge in [-0.1, -0.05) is 17.7 Å². The van der Waals surface area contributed by atoms with Gasteiger partial charge in [-0.25, -0.2) is 8.42 Å². The number of hydrogen-bond acceptors (Lipinski definition) is 3. The molecule has 1 N–H and O–H groups in total. The van der Waals surface area contributed by atoms with E-state index < -0.39 is 10.0 Å². The number of benzene rings is 1. The minimum absolute atomic E-state index is 0.268. The van der Waals surface area contributed by atoms with Gasteiger partial charge in [0.25, 0.3) is 10.0 Å². The van der Waals surface area contributed by atoms with E-state index in [0.717, 1.165) is 5.56 Å². The highest BCUT2D eigenvalue weighted by molar-refractivity contribution is 7.89. The van der Waals surface area contributed by atoms with Gasteiger partial charge in [0.2, 0.25) is 0 Å².